The summed E-state index contributed by atoms with van der Waals surface area (Å²) in [6.45, 7) is 0. The highest BCUT2D eigenvalue weighted by atomic mass is 35.5. The van der Waals surface area contributed by atoms with Crippen LogP contribution in [0.2, 0.25) is 10.0 Å². The van der Waals surface area contributed by atoms with Crippen LogP contribution in [0.15, 0.2) is 41.7 Å². The van der Waals surface area contributed by atoms with Gasteiger partial charge in [0.15, 0.2) is 5.84 Å². The smallest absolute Gasteiger partial charge is 0.230 e. The van der Waals surface area contributed by atoms with Crippen molar-refractivity contribution >= 4 is 29.0 Å². The molecule has 7 heteroatoms. The molecule has 0 spiro atoms. The zero-order valence-corrected chi connectivity index (χ0v) is 11.1. The third kappa shape index (κ3) is 3.27. The number of nitrogens with zero attached hydrogens (tertiary/aromatic N) is 2. The maximum absolute atomic E-state index is 8.70. The average Bonchev–Trinajstić information content (AvgIpc) is 2.37. The van der Waals surface area contributed by atoms with Gasteiger partial charge in [0, 0.05) is 16.2 Å². The number of ether oxygens (including phenoxy) is 1. The Labute approximate surface area is 119 Å². The van der Waals surface area contributed by atoms with Gasteiger partial charge in [-0.2, -0.15) is 0 Å². The van der Waals surface area contributed by atoms with E-state index in [-0.39, 0.29) is 11.7 Å². The number of nitrogens with two attached hydrogens (primary N) is 1. The van der Waals surface area contributed by atoms with E-state index in [1.54, 1.807) is 30.3 Å². The van der Waals surface area contributed by atoms with E-state index in [1.807, 2.05) is 0 Å². The lowest BCUT2D eigenvalue weighted by Crippen LogP contribution is -2.14. The van der Waals surface area contributed by atoms with Crippen LogP contribution in [0.25, 0.3) is 0 Å². The molecule has 0 atom stereocenters. The highest BCUT2D eigenvalue weighted by molar-refractivity contribution is 6.34. The number of aromatic nitrogens is 1. The number of hydrogen-bond acceptors (Lipinski definition) is 4. The molecule has 0 unspecified atom stereocenters. The van der Waals surface area contributed by atoms with Gasteiger partial charge >= 0.3 is 0 Å². The highest BCUT2D eigenvalue weighted by Crippen LogP contribution is 2.28. The molecule has 0 aliphatic rings. The predicted octanol–water partition coefficient (Wildman–Crippen LogP) is 3.28. The number of hydrogen-bond donors (Lipinski definition) is 2. The fraction of sp³-hybridized carbons (Fsp3) is 0. The molecule has 2 aromatic rings. The maximum atomic E-state index is 8.70. The number of pyridine rings is 1. The molecular weight excluding hydrogens is 289 g/mol. The monoisotopic (exact) mass is 297 g/mol. The van der Waals surface area contributed by atoms with Crippen molar-refractivity contribution in [3.63, 3.8) is 0 Å². The molecule has 98 valence electrons. The number of oxime groups is 1. The standard InChI is InChI=1S/C12H9Cl2N3O2/c13-7-4-8(14)6-9(5-7)19-12-10(11(15)17-18)2-1-3-16-12/h1-6,18H,(H2,15,17). The molecule has 0 saturated carbocycles. The molecule has 19 heavy (non-hydrogen) atoms. The lowest BCUT2D eigenvalue weighted by molar-refractivity contribution is 0.318. The molecule has 1 heterocycles. The molecule has 0 saturated heterocycles. The first-order chi connectivity index (χ1) is 9.10. The second-order valence-electron chi connectivity index (χ2n) is 3.55. The minimum atomic E-state index is -0.101. The van der Waals surface area contributed by atoms with Gasteiger partial charge in [0.25, 0.3) is 0 Å². The molecule has 0 radical (unpaired) electrons. The van der Waals surface area contributed by atoms with Crippen molar-refractivity contribution in [2.75, 3.05) is 0 Å². The molecule has 0 amide bonds. The second kappa shape index (κ2) is 5.77. The van der Waals surface area contributed by atoms with Gasteiger partial charge in [-0.15, -0.1) is 0 Å². The molecule has 0 fully saturated rings. The van der Waals surface area contributed by atoms with Crippen molar-refractivity contribution in [2.45, 2.75) is 0 Å². The van der Waals surface area contributed by atoms with Crippen molar-refractivity contribution in [1.82, 2.24) is 4.98 Å². The van der Waals surface area contributed by atoms with Gasteiger partial charge in [-0.25, -0.2) is 4.98 Å². The van der Waals surface area contributed by atoms with Crippen molar-refractivity contribution in [1.29, 1.82) is 0 Å². The van der Waals surface area contributed by atoms with E-state index < -0.39 is 0 Å². The maximum Gasteiger partial charge on any atom is 0.230 e. The Kier molecular flexibility index (Phi) is 4.09. The minimum Gasteiger partial charge on any atom is -0.438 e. The zero-order chi connectivity index (χ0) is 13.8. The van der Waals surface area contributed by atoms with E-state index >= 15 is 0 Å². The van der Waals surface area contributed by atoms with Gasteiger partial charge in [0.1, 0.15) is 5.75 Å². The molecule has 0 aliphatic heterocycles. The lowest BCUT2D eigenvalue weighted by Gasteiger charge is -2.09. The number of halogens is 2. The summed E-state index contributed by atoms with van der Waals surface area (Å²) >= 11 is 11.7. The normalized spacial score (nSPS) is 11.4. The molecule has 0 aliphatic carbocycles. The van der Waals surface area contributed by atoms with E-state index in [0.717, 1.165) is 0 Å². The molecule has 2 rings (SSSR count). The molecule has 3 N–H and O–H groups in total. The molecule has 0 bridgehead atoms. The first-order valence-electron chi connectivity index (χ1n) is 5.17. The van der Waals surface area contributed by atoms with Crippen molar-refractivity contribution in [3.05, 3.63) is 52.1 Å². The summed E-state index contributed by atoms with van der Waals surface area (Å²) < 4.78 is 5.54. The molecule has 1 aromatic carbocycles. The molecule has 1 aromatic heterocycles. The largest absolute Gasteiger partial charge is 0.438 e. The first-order valence-corrected chi connectivity index (χ1v) is 5.92. The van der Waals surface area contributed by atoms with Crippen LogP contribution in [0, 0.1) is 0 Å². The minimum absolute atomic E-state index is 0.101. The summed E-state index contributed by atoms with van der Waals surface area (Å²) in [4.78, 5) is 4.02. The Morgan fingerprint density at radius 1 is 1.26 bits per heavy atom. The number of benzene rings is 1. The van der Waals surface area contributed by atoms with Gasteiger partial charge in [-0.05, 0) is 30.3 Å². The van der Waals surface area contributed by atoms with Crippen LogP contribution < -0.4 is 10.5 Å². The fourth-order valence-electron chi connectivity index (χ4n) is 1.42. The van der Waals surface area contributed by atoms with Crippen LogP contribution >= 0.6 is 23.2 Å². The fourth-order valence-corrected chi connectivity index (χ4v) is 1.93. The average molecular weight is 298 g/mol. The van der Waals surface area contributed by atoms with Gasteiger partial charge < -0.3 is 15.7 Å². The van der Waals surface area contributed by atoms with Crippen LogP contribution in [0.5, 0.6) is 11.6 Å². The van der Waals surface area contributed by atoms with Crippen molar-refractivity contribution in [3.8, 4) is 11.6 Å². The summed E-state index contributed by atoms with van der Waals surface area (Å²) in [6, 6.07) is 8.00. The number of amidine groups is 1. The summed E-state index contributed by atoms with van der Waals surface area (Å²) in [7, 11) is 0. The molecule has 5 nitrogen and oxygen atoms in total. The highest BCUT2D eigenvalue weighted by Gasteiger charge is 2.11. The summed E-state index contributed by atoms with van der Waals surface area (Å²) in [6.07, 6.45) is 1.52. The Morgan fingerprint density at radius 2 is 1.95 bits per heavy atom. The Bertz CT molecular complexity index is 612. The van der Waals surface area contributed by atoms with Crippen LogP contribution in [-0.2, 0) is 0 Å². The predicted molar refractivity (Wildman–Crippen MR) is 73.3 cm³/mol. The Balaban J connectivity index is 2.38. The van der Waals surface area contributed by atoms with Crippen LogP contribution in [0.3, 0.4) is 0 Å². The quantitative estimate of drug-likeness (QED) is 0.394. The van der Waals surface area contributed by atoms with E-state index in [4.69, 9.17) is 38.9 Å². The first kappa shape index (κ1) is 13.5. The zero-order valence-electron chi connectivity index (χ0n) is 9.55. The van der Waals surface area contributed by atoms with E-state index in [2.05, 4.69) is 10.1 Å². The third-order valence-electron chi connectivity index (χ3n) is 2.21. The van der Waals surface area contributed by atoms with E-state index in [9.17, 15) is 0 Å². The lowest BCUT2D eigenvalue weighted by atomic mass is 10.2. The number of rotatable bonds is 3. The third-order valence-corrected chi connectivity index (χ3v) is 2.64. The van der Waals surface area contributed by atoms with Crippen LogP contribution in [-0.4, -0.2) is 16.0 Å². The summed E-state index contributed by atoms with van der Waals surface area (Å²) in [5.41, 5.74) is 5.90. The molecular formula is C12H9Cl2N3O2. The topological polar surface area (TPSA) is 80.7 Å². The van der Waals surface area contributed by atoms with Crippen LogP contribution in [0.4, 0.5) is 0 Å². The summed E-state index contributed by atoms with van der Waals surface area (Å²) in [5, 5.41) is 12.5. The Hall–Kier alpha value is -1.98. The van der Waals surface area contributed by atoms with Crippen LogP contribution in [0.1, 0.15) is 5.56 Å². The van der Waals surface area contributed by atoms with Gasteiger partial charge in [-0.3, -0.25) is 0 Å². The summed E-state index contributed by atoms with van der Waals surface area (Å²) in [5.74, 6) is 0.496. The second-order valence-corrected chi connectivity index (χ2v) is 4.42. The SMILES string of the molecule is N/C(=N\O)c1cccnc1Oc1cc(Cl)cc(Cl)c1. The van der Waals surface area contributed by atoms with E-state index in [0.29, 0.717) is 21.4 Å². The Morgan fingerprint density at radius 3 is 2.58 bits per heavy atom. The van der Waals surface area contributed by atoms with Crippen molar-refractivity contribution < 1.29 is 9.94 Å². The van der Waals surface area contributed by atoms with Gasteiger partial charge in [-0.1, -0.05) is 28.4 Å². The van der Waals surface area contributed by atoms with Gasteiger partial charge in [0.2, 0.25) is 5.88 Å². The van der Waals surface area contributed by atoms with Crippen molar-refractivity contribution in [2.24, 2.45) is 10.9 Å². The van der Waals surface area contributed by atoms with E-state index in [1.165, 1.54) is 6.20 Å². The van der Waals surface area contributed by atoms with Gasteiger partial charge in [0.05, 0.1) is 5.56 Å².